The Morgan fingerprint density at radius 3 is 2.81 bits per heavy atom. The molecule has 0 amide bonds. The van der Waals surface area contributed by atoms with Crippen LogP contribution in [0.5, 0.6) is 0 Å². The highest BCUT2D eigenvalue weighted by Crippen LogP contribution is 2.31. The fourth-order valence-corrected chi connectivity index (χ4v) is 2.11. The Labute approximate surface area is 96.5 Å². The number of carbonyl (C=O) groups excluding carboxylic acids is 1. The number of hydrogen-bond acceptors (Lipinski definition) is 3. The van der Waals surface area contributed by atoms with Gasteiger partial charge in [-0.1, -0.05) is 0 Å². The normalized spacial score (nSPS) is 14.6. The van der Waals surface area contributed by atoms with E-state index in [1.54, 1.807) is 6.92 Å². The third-order valence-electron chi connectivity index (χ3n) is 3.00. The molecule has 1 N–H and O–H groups in total. The van der Waals surface area contributed by atoms with Crippen molar-refractivity contribution in [3.8, 4) is 0 Å². The smallest absolute Gasteiger partial charge is 0.159 e. The third-order valence-corrected chi connectivity index (χ3v) is 3.00. The van der Waals surface area contributed by atoms with Crippen LogP contribution >= 0.6 is 0 Å². The molecule has 86 valence electrons. The molecule has 1 heterocycles. The lowest BCUT2D eigenvalue weighted by Crippen LogP contribution is -2.38. The molecule has 2 rings (SSSR count). The van der Waals surface area contributed by atoms with Gasteiger partial charge in [-0.05, 0) is 39.0 Å². The van der Waals surface area contributed by atoms with E-state index in [9.17, 15) is 4.79 Å². The van der Waals surface area contributed by atoms with E-state index in [1.165, 1.54) is 5.69 Å². The summed E-state index contributed by atoms with van der Waals surface area (Å²) in [5, 5.41) is 3.35. The summed E-state index contributed by atoms with van der Waals surface area (Å²) >= 11 is 0. The average Bonchev–Trinajstić information content (AvgIpc) is 2.27. The summed E-state index contributed by atoms with van der Waals surface area (Å²) in [4.78, 5) is 13.7. The maximum Gasteiger partial charge on any atom is 0.159 e. The van der Waals surface area contributed by atoms with Crippen molar-refractivity contribution in [2.45, 2.75) is 26.8 Å². The van der Waals surface area contributed by atoms with Gasteiger partial charge in [0, 0.05) is 24.7 Å². The molecule has 0 aliphatic carbocycles. The molecule has 1 aliphatic heterocycles. The fraction of sp³-hybridized carbons (Fsp3) is 0.462. The van der Waals surface area contributed by atoms with Crippen molar-refractivity contribution in [2.75, 3.05) is 23.3 Å². The molecule has 0 aromatic heterocycles. The van der Waals surface area contributed by atoms with Crippen LogP contribution in [0.15, 0.2) is 18.2 Å². The average molecular weight is 218 g/mol. The number of nitrogens with zero attached hydrogens (tertiary/aromatic N) is 1. The minimum Gasteiger partial charge on any atom is -0.382 e. The van der Waals surface area contributed by atoms with Crippen LogP contribution in [0.2, 0.25) is 0 Å². The van der Waals surface area contributed by atoms with Crippen molar-refractivity contribution in [1.82, 2.24) is 0 Å². The molecule has 0 radical (unpaired) electrons. The van der Waals surface area contributed by atoms with E-state index < -0.39 is 0 Å². The molecule has 1 aromatic rings. The zero-order valence-electron chi connectivity index (χ0n) is 10.1. The summed E-state index contributed by atoms with van der Waals surface area (Å²) < 4.78 is 0. The maximum atomic E-state index is 11.3. The van der Waals surface area contributed by atoms with Crippen LogP contribution in [0.3, 0.4) is 0 Å². The molecule has 0 saturated carbocycles. The molecular weight excluding hydrogens is 200 g/mol. The highest BCUT2D eigenvalue weighted by molar-refractivity contribution is 5.96. The van der Waals surface area contributed by atoms with Gasteiger partial charge in [0.15, 0.2) is 5.78 Å². The van der Waals surface area contributed by atoms with Gasteiger partial charge in [-0.15, -0.1) is 0 Å². The first-order chi connectivity index (χ1) is 7.59. The van der Waals surface area contributed by atoms with Crippen LogP contribution in [0.1, 0.15) is 31.1 Å². The Kier molecular flexibility index (Phi) is 2.86. The number of Topliss-reactive ketones (excluding diaryl/α,β-unsaturated/α-hetero) is 1. The summed E-state index contributed by atoms with van der Waals surface area (Å²) in [6.45, 7) is 7.93. The minimum atomic E-state index is 0.117. The lowest BCUT2D eigenvalue weighted by atomic mass is 10.1. The zero-order chi connectivity index (χ0) is 11.7. The molecule has 3 nitrogen and oxygen atoms in total. The second-order valence-corrected chi connectivity index (χ2v) is 4.50. The van der Waals surface area contributed by atoms with Gasteiger partial charge >= 0.3 is 0 Å². The van der Waals surface area contributed by atoms with Crippen molar-refractivity contribution in [3.05, 3.63) is 23.8 Å². The first-order valence-electron chi connectivity index (χ1n) is 5.75. The van der Waals surface area contributed by atoms with E-state index in [-0.39, 0.29) is 5.78 Å². The van der Waals surface area contributed by atoms with E-state index >= 15 is 0 Å². The molecule has 0 atom stereocenters. The monoisotopic (exact) mass is 218 g/mol. The van der Waals surface area contributed by atoms with Gasteiger partial charge in [0.2, 0.25) is 0 Å². The first-order valence-corrected chi connectivity index (χ1v) is 5.75. The van der Waals surface area contributed by atoms with Gasteiger partial charge in [-0.2, -0.15) is 0 Å². The van der Waals surface area contributed by atoms with E-state index in [0.717, 1.165) is 24.3 Å². The molecular formula is C13H18N2O. The zero-order valence-corrected chi connectivity index (χ0v) is 10.1. The summed E-state index contributed by atoms with van der Waals surface area (Å²) in [5.74, 6) is 0.117. The highest BCUT2D eigenvalue weighted by atomic mass is 16.1. The maximum absolute atomic E-state index is 11.3. The largest absolute Gasteiger partial charge is 0.382 e. The first kappa shape index (κ1) is 11.0. The van der Waals surface area contributed by atoms with Crippen LogP contribution < -0.4 is 10.2 Å². The van der Waals surface area contributed by atoms with Gasteiger partial charge < -0.3 is 10.2 Å². The number of benzene rings is 1. The highest BCUT2D eigenvalue weighted by Gasteiger charge is 2.19. The third kappa shape index (κ3) is 1.90. The lowest BCUT2D eigenvalue weighted by molar-refractivity contribution is 0.101. The minimum absolute atomic E-state index is 0.117. The molecule has 0 bridgehead atoms. The number of fused-ring (bicyclic) bond motifs is 1. The lowest BCUT2D eigenvalue weighted by Gasteiger charge is -2.35. The fourth-order valence-electron chi connectivity index (χ4n) is 2.11. The Bertz CT molecular complexity index is 412. The van der Waals surface area contributed by atoms with Gasteiger partial charge in [0.25, 0.3) is 0 Å². The molecule has 0 unspecified atom stereocenters. The van der Waals surface area contributed by atoms with Gasteiger partial charge in [-0.3, -0.25) is 4.79 Å². The summed E-state index contributed by atoms with van der Waals surface area (Å²) in [5.41, 5.74) is 3.05. The second-order valence-electron chi connectivity index (χ2n) is 4.50. The van der Waals surface area contributed by atoms with E-state index in [1.807, 2.05) is 18.2 Å². The number of anilines is 2. The van der Waals surface area contributed by atoms with E-state index in [2.05, 4.69) is 24.1 Å². The summed E-state index contributed by atoms with van der Waals surface area (Å²) in [7, 11) is 0. The van der Waals surface area contributed by atoms with E-state index in [0.29, 0.717) is 6.04 Å². The SMILES string of the molecule is CC(=O)c1ccc2c(c1)NCCN2C(C)C. The van der Waals surface area contributed by atoms with Crippen molar-refractivity contribution >= 4 is 17.2 Å². The number of carbonyl (C=O) groups is 1. The number of nitrogens with one attached hydrogen (secondary N) is 1. The van der Waals surface area contributed by atoms with Crippen molar-refractivity contribution < 1.29 is 4.79 Å². The van der Waals surface area contributed by atoms with Gasteiger partial charge in [-0.25, -0.2) is 0 Å². The quantitative estimate of drug-likeness (QED) is 0.774. The van der Waals surface area contributed by atoms with Gasteiger partial charge in [0.05, 0.1) is 11.4 Å². The van der Waals surface area contributed by atoms with Crippen molar-refractivity contribution in [3.63, 3.8) is 0 Å². The molecule has 0 spiro atoms. The standard InChI is InChI=1S/C13H18N2O/c1-9(2)15-7-6-14-12-8-11(10(3)16)4-5-13(12)15/h4-5,8-9,14H,6-7H2,1-3H3. The molecule has 3 heteroatoms. The van der Waals surface area contributed by atoms with Crippen LogP contribution in [-0.2, 0) is 0 Å². The summed E-state index contributed by atoms with van der Waals surface area (Å²) in [6.07, 6.45) is 0. The Morgan fingerprint density at radius 2 is 2.19 bits per heavy atom. The Morgan fingerprint density at radius 1 is 1.44 bits per heavy atom. The van der Waals surface area contributed by atoms with E-state index in [4.69, 9.17) is 0 Å². The molecule has 1 aromatic carbocycles. The molecule has 0 saturated heterocycles. The Balaban J connectivity index is 2.40. The molecule has 0 fully saturated rings. The predicted octanol–water partition coefficient (Wildman–Crippen LogP) is 2.53. The molecule has 1 aliphatic rings. The predicted molar refractivity (Wildman–Crippen MR) is 67.4 cm³/mol. The number of rotatable bonds is 2. The summed E-state index contributed by atoms with van der Waals surface area (Å²) in [6, 6.07) is 6.39. The second kappa shape index (κ2) is 4.16. The van der Waals surface area contributed by atoms with Crippen LogP contribution in [0.25, 0.3) is 0 Å². The van der Waals surface area contributed by atoms with Crippen LogP contribution in [0.4, 0.5) is 11.4 Å². The number of hydrogen-bond donors (Lipinski definition) is 1. The van der Waals surface area contributed by atoms with Crippen molar-refractivity contribution in [2.24, 2.45) is 0 Å². The van der Waals surface area contributed by atoms with Crippen LogP contribution in [0, 0.1) is 0 Å². The number of ketones is 1. The van der Waals surface area contributed by atoms with Gasteiger partial charge in [0.1, 0.15) is 0 Å². The van der Waals surface area contributed by atoms with Crippen molar-refractivity contribution in [1.29, 1.82) is 0 Å². The van der Waals surface area contributed by atoms with Crippen LogP contribution in [-0.4, -0.2) is 24.9 Å². The topological polar surface area (TPSA) is 32.3 Å². The molecule has 16 heavy (non-hydrogen) atoms. The Hall–Kier alpha value is -1.51.